The second-order valence-electron chi connectivity index (χ2n) is 6.08. The number of aromatic nitrogens is 1. The predicted octanol–water partition coefficient (Wildman–Crippen LogP) is 3.42. The summed E-state index contributed by atoms with van der Waals surface area (Å²) < 4.78 is 0. The lowest BCUT2D eigenvalue weighted by atomic mass is 9.96. The molecule has 1 aliphatic rings. The van der Waals surface area contributed by atoms with Crippen LogP contribution in [-0.2, 0) is 0 Å². The summed E-state index contributed by atoms with van der Waals surface area (Å²) in [6, 6.07) is 17.5. The molecule has 2 heterocycles. The van der Waals surface area contributed by atoms with Gasteiger partial charge in [-0.1, -0.05) is 54.6 Å². The van der Waals surface area contributed by atoms with E-state index in [4.69, 9.17) is 10.7 Å². The number of nitrogens with one attached hydrogen (secondary N) is 2. The van der Waals surface area contributed by atoms with Crippen LogP contribution in [-0.4, -0.2) is 11.3 Å². The average molecular weight is 330 g/mol. The molecule has 5 nitrogen and oxygen atoms in total. The van der Waals surface area contributed by atoms with Gasteiger partial charge in [0.15, 0.2) is 0 Å². The Morgan fingerprint density at radius 3 is 2.36 bits per heavy atom. The number of aldehydes is 1. The second-order valence-corrected chi connectivity index (χ2v) is 6.08. The van der Waals surface area contributed by atoms with Gasteiger partial charge in [0.05, 0.1) is 17.1 Å². The molecule has 0 fully saturated rings. The van der Waals surface area contributed by atoms with Gasteiger partial charge in [-0.3, -0.25) is 4.79 Å². The zero-order valence-electron chi connectivity index (χ0n) is 13.8. The molecule has 0 bridgehead atoms. The Hall–Kier alpha value is -3.02. The summed E-state index contributed by atoms with van der Waals surface area (Å²) in [6.07, 6.45) is 0.523. The molecule has 2 aromatic carbocycles. The Morgan fingerprint density at radius 1 is 1.00 bits per heavy atom. The smallest absolute Gasteiger partial charge is 0.150 e. The van der Waals surface area contributed by atoms with Crippen molar-refractivity contribution in [3.8, 4) is 22.5 Å². The Morgan fingerprint density at radius 2 is 1.68 bits per heavy atom. The quantitative estimate of drug-likeness (QED) is 0.641. The molecule has 0 saturated carbocycles. The van der Waals surface area contributed by atoms with Crippen LogP contribution in [0.2, 0.25) is 0 Å². The molecular weight excluding hydrogens is 312 g/mol. The summed E-state index contributed by atoms with van der Waals surface area (Å²) in [7, 11) is 0. The fourth-order valence-electron chi connectivity index (χ4n) is 3.20. The average Bonchev–Trinajstić information content (AvgIpc) is 3.05. The van der Waals surface area contributed by atoms with Gasteiger partial charge in [-0.05, 0) is 6.92 Å². The number of benzene rings is 2. The minimum Gasteiger partial charge on any atom is -0.319 e. The lowest BCUT2D eigenvalue weighted by molar-refractivity contribution is 0.112. The van der Waals surface area contributed by atoms with Crippen LogP contribution >= 0.6 is 0 Å². The molecule has 4 rings (SSSR count). The van der Waals surface area contributed by atoms with Crippen LogP contribution in [0.25, 0.3) is 22.5 Å². The number of hydrazine groups is 1. The SMILES string of the molecule is Cc1c(-c2ccc(C=O)cc2)nc(-c2ccccc2)c2c1NNC2N. The third-order valence-corrected chi connectivity index (χ3v) is 4.51. The summed E-state index contributed by atoms with van der Waals surface area (Å²) in [4.78, 5) is 15.8. The number of carbonyl (C=O) groups is 1. The minimum atomic E-state index is -0.317. The number of nitrogens with zero attached hydrogens (tertiary/aromatic N) is 1. The topological polar surface area (TPSA) is 80.0 Å². The predicted molar refractivity (Wildman–Crippen MR) is 98.9 cm³/mol. The van der Waals surface area contributed by atoms with Gasteiger partial charge in [-0.15, -0.1) is 0 Å². The number of pyridine rings is 1. The van der Waals surface area contributed by atoms with Crippen molar-refractivity contribution < 1.29 is 4.79 Å². The van der Waals surface area contributed by atoms with Crippen molar-refractivity contribution in [2.24, 2.45) is 5.73 Å². The number of anilines is 1. The highest BCUT2D eigenvalue weighted by Crippen LogP contribution is 2.40. The Labute approximate surface area is 145 Å². The van der Waals surface area contributed by atoms with Crippen LogP contribution in [0.1, 0.15) is 27.7 Å². The zero-order chi connectivity index (χ0) is 17.4. The summed E-state index contributed by atoms with van der Waals surface area (Å²) >= 11 is 0. The van der Waals surface area contributed by atoms with Crippen LogP contribution in [0.5, 0.6) is 0 Å². The maximum atomic E-state index is 10.9. The van der Waals surface area contributed by atoms with E-state index < -0.39 is 0 Å². The van der Waals surface area contributed by atoms with E-state index in [1.165, 1.54) is 0 Å². The van der Waals surface area contributed by atoms with E-state index in [1.807, 2.05) is 49.4 Å². The van der Waals surface area contributed by atoms with E-state index in [1.54, 1.807) is 12.1 Å². The summed E-state index contributed by atoms with van der Waals surface area (Å²) in [5.74, 6) is 0. The first-order chi connectivity index (χ1) is 12.2. The molecule has 0 spiro atoms. The highest BCUT2D eigenvalue weighted by atomic mass is 16.1. The summed E-state index contributed by atoms with van der Waals surface area (Å²) in [5, 5.41) is 0. The lowest BCUT2D eigenvalue weighted by Gasteiger charge is -2.16. The normalized spacial score (nSPS) is 15.5. The van der Waals surface area contributed by atoms with Gasteiger partial charge in [-0.2, -0.15) is 0 Å². The standard InChI is InChI=1S/C20H18N4O/c1-12-17(15-9-7-13(11-25)8-10-15)22-19(14-5-3-2-4-6-14)16-18(12)23-24-20(16)21/h2-11,20,23-24H,21H2,1H3. The molecule has 1 aromatic heterocycles. The number of carbonyl (C=O) groups excluding carboxylic acids is 1. The Balaban J connectivity index is 1.95. The van der Waals surface area contributed by atoms with E-state index in [2.05, 4.69) is 10.9 Å². The van der Waals surface area contributed by atoms with Crippen molar-refractivity contribution in [2.75, 3.05) is 5.43 Å². The fraction of sp³-hybridized carbons (Fsp3) is 0.100. The highest BCUT2D eigenvalue weighted by Gasteiger charge is 2.27. The van der Waals surface area contributed by atoms with Crippen molar-refractivity contribution in [1.29, 1.82) is 0 Å². The molecule has 0 aliphatic carbocycles. The van der Waals surface area contributed by atoms with Gasteiger partial charge in [-0.25, -0.2) is 10.4 Å². The molecule has 3 aromatic rings. The molecule has 0 saturated heterocycles. The van der Waals surface area contributed by atoms with Crippen LogP contribution < -0.4 is 16.6 Å². The van der Waals surface area contributed by atoms with Crippen LogP contribution in [0.3, 0.4) is 0 Å². The monoisotopic (exact) mass is 330 g/mol. The first-order valence-corrected chi connectivity index (χ1v) is 8.11. The van der Waals surface area contributed by atoms with E-state index in [-0.39, 0.29) is 6.17 Å². The summed E-state index contributed by atoms with van der Waals surface area (Å²) in [6.45, 7) is 2.02. The van der Waals surface area contributed by atoms with Gasteiger partial charge in [0.2, 0.25) is 0 Å². The number of hydrogen-bond donors (Lipinski definition) is 3. The van der Waals surface area contributed by atoms with Gasteiger partial charge in [0.25, 0.3) is 0 Å². The maximum absolute atomic E-state index is 10.9. The molecule has 25 heavy (non-hydrogen) atoms. The third-order valence-electron chi connectivity index (χ3n) is 4.51. The molecule has 4 N–H and O–H groups in total. The molecule has 1 unspecified atom stereocenters. The fourth-order valence-corrected chi connectivity index (χ4v) is 3.20. The third kappa shape index (κ3) is 2.59. The Kier molecular flexibility index (Phi) is 3.80. The largest absolute Gasteiger partial charge is 0.319 e. The highest BCUT2D eigenvalue weighted by molar-refractivity contribution is 5.83. The van der Waals surface area contributed by atoms with E-state index >= 15 is 0 Å². The van der Waals surface area contributed by atoms with Crippen LogP contribution in [0.15, 0.2) is 54.6 Å². The van der Waals surface area contributed by atoms with Crippen molar-refractivity contribution >= 4 is 12.0 Å². The zero-order valence-corrected chi connectivity index (χ0v) is 13.8. The molecule has 0 radical (unpaired) electrons. The minimum absolute atomic E-state index is 0.317. The lowest BCUT2D eigenvalue weighted by Crippen LogP contribution is -2.25. The van der Waals surface area contributed by atoms with Crippen LogP contribution in [0, 0.1) is 6.92 Å². The van der Waals surface area contributed by atoms with Gasteiger partial charge in [0, 0.05) is 27.8 Å². The van der Waals surface area contributed by atoms with Gasteiger partial charge < -0.3 is 11.2 Å². The number of hydrogen-bond acceptors (Lipinski definition) is 5. The van der Waals surface area contributed by atoms with Crippen molar-refractivity contribution in [2.45, 2.75) is 13.1 Å². The number of rotatable bonds is 3. The first kappa shape index (κ1) is 15.5. The van der Waals surface area contributed by atoms with E-state index in [0.717, 1.165) is 45.6 Å². The van der Waals surface area contributed by atoms with Crippen molar-refractivity contribution in [1.82, 2.24) is 10.4 Å². The molecule has 124 valence electrons. The molecule has 1 aliphatic heterocycles. The Bertz CT molecular complexity index is 936. The molecule has 5 heteroatoms. The summed E-state index contributed by atoms with van der Waals surface area (Å²) in [5.41, 5.74) is 19.8. The van der Waals surface area contributed by atoms with Gasteiger partial charge in [0.1, 0.15) is 12.5 Å². The van der Waals surface area contributed by atoms with Crippen LogP contribution in [0.4, 0.5) is 5.69 Å². The molecule has 0 amide bonds. The maximum Gasteiger partial charge on any atom is 0.150 e. The number of nitrogens with two attached hydrogens (primary N) is 1. The van der Waals surface area contributed by atoms with Crippen molar-refractivity contribution in [3.05, 3.63) is 71.3 Å². The second kappa shape index (κ2) is 6.12. The van der Waals surface area contributed by atoms with E-state index in [0.29, 0.717) is 5.56 Å². The molecular formula is C20H18N4O. The number of fused-ring (bicyclic) bond motifs is 1. The van der Waals surface area contributed by atoms with E-state index in [9.17, 15) is 4.79 Å². The first-order valence-electron chi connectivity index (χ1n) is 8.11. The van der Waals surface area contributed by atoms with Crippen molar-refractivity contribution in [3.63, 3.8) is 0 Å². The van der Waals surface area contributed by atoms with Gasteiger partial charge >= 0.3 is 0 Å². The molecule has 1 atom stereocenters.